The van der Waals surface area contributed by atoms with Crippen LogP contribution in [0.1, 0.15) is 35.7 Å². The third-order valence-corrected chi connectivity index (χ3v) is 5.42. The first-order valence-electron chi connectivity index (χ1n) is 9.69. The maximum Gasteiger partial charge on any atom is 0.253 e. The largest absolute Gasteiger partial charge is 0.488 e. The molecule has 1 aliphatic heterocycles. The highest BCUT2D eigenvalue weighted by atomic mass is 16.5. The number of benzene rings is 3. The lowest BCUT2D eigenvalue weighted by atomic mass is 9.98. The van der Waals surface area contributed by atoms with Crippen molar-refractivity contribution in [2.75, 3.05) is 13.1 Å². The Kier molecular flexibility index (Phi) is 5.10. The zero-order chi connectivity index (χ0) is 18.6. The summed E-state index contributed by atoms with van der Waals surface area (Å²) in [6.07, 6.45) is 2.20. The molecule has 138 valence electrons. The van der Waals surface area contributed by atoms with Gasteiger partial charge in [0.05, 0.1) is 0 Å². The number of likely N-dealkylation sites (tertiary alicyclic amines) is 1. The van der Waals surface area contributed by atoms with E-state index in [1.165, 1.54) is 5.39 Å². The zero-order valence-corrected chi connectivity index (χ0v) is 15.7. The fraction of sp³-hybridized carbons (Fsp3) is 0.292. The van der Waals surface area contributed by atoms with Gasteiger partial charge in [0.15, 0.2) is 0 Å². The molecule has 3 aromatic rings. The molecule has 0 unspecified atom stereocenters. The van der Waals surface area contributed by atoms with E-state index in [4.69, 9.17) is 4.74 Å². The first-order chi connectivity index (χ1) is 13.2. The monoisotopic (exact) mass is 359 g/mol. The van der Waals surface area contributed by atoms with Gasteiger partial charge in [0.1, 0.15) is 12.4 Å². The van der Waals surface area contributed by atoms with E-state index in [1.54, 1.807) is 0 Å². The first kappa shape index (κ1) is 17.6. The van der Waals surface area contributed by atoms with Crippen molar-refractivity contribution in [3.63, 3.8) is 0 Å². The maximum absolute atomic E-state index is 12.6. The molecule has 27 heavy (non-hydrogen) atoms. The minimum absolute atomic E-state index is 0.142. The van der Waals surface area contributed by atoms with Gasteiger partial charge in [-0.05, 0) is 47.9 Å². The Morgan fingerprint density at radius 2 is 1.67 bits per heavy atom. The summed E-state index contributed by atoms with van der Waals surface area (Å²) in [5.41, 5.74) is 1.82. The number of hydrogen-bond donors (Lipinski definition) is 0. The van der Waals surface area contributed by atoms with Crippen LogP contribution in [0.5, 0.6) is 5.75 Å². The highest BCUT2D eigenvalue weighted by molar-refractivity contribution is 5.94. The molecule has 0 aliphatic carbocycles. The number of fused-ring (bicyclic) bond motifs is 1. The summed E-state index contributed by atoms with van der Waals surface area (Å²) in [4.78, 5) is 14.6. The highest BCUT2D eigenvalue weighted by Gasteiger charge is 2.21. The molecule has 3 aromatic carbocycles. The van der Waals surface area contributed by atoms with Gasteiger partial charge in [-0.15, -0.1) is 0 Å². The van der Waals surface area contributed by atoms with Crippen molar-refractivity contribution in [2.24, 2.45) is 5.92 Å². The molecule has 1 aliphatic rings. The van der Waals surface area contributed by atoms with Crippen molar-refractivity contribution in [3.8, 4) is 5.75 Å². The van der Waals surface area contributed by atoms with Gasteiger partial charge in [0.25, 0.3) is 5.91 Å². The molecule has 0 atom stereocenters. The molecule has 3 heteroatoms. The van der Waals surface area contributed by atoms with Crippen LogP contribution in [0.25, 0.3) is 10.8 Å². The molecule has 0 bridgehead atoms. The number of amides is 1. The van der Waals surface area contributed by atoms with Gasteiger partial charge in [-0.3, -0.25) is 4.79 Å². The van der Waals surface area contributed by atoms with Gasteiger partial charge in [-0.25, -0.2) is 0 Å². The Morgan fingerprint density at radius 3 is 2.44 bits per heavy atom. The molecule has 0 saturated carbocycles. The fourth-order valence-electron chi connectivity index (χ4n) is 3.62. The molecule has 3 nitrogen and oxygen atoms in total. The van der Waals surface area contributed by atoms with Gasteiger partial charge in [0, 0.05) is 24.0 Å². The third-order valence-electron chi connectivity index (χ3n) is 5.42. The van der Waals surface area contributed by atoms with Crippen LogP contribution in [0.2, 0.25) is 0 Å². The Labute approximate surface area is 160 Å². The highest BCUT2D eigenvalue weighted by Crippen LogP contribution is 2.26. The molecule has 0 radical (unpaired) electrons. The van der Waals surface area contributed by atoms with Crippen LogP contribution >= 0.6 is 0 Å². The summed E-state index contributed by atoms with van der Waals surface area (Å²) in [5, 5.41) is 2.29. The Bertz CT molecular complexity index is 919. The molecule has 0 N–H and O–H groups in total. The zero-order valence-electron chi connectivity index (χ0n) is 15.7. The van der Waals surface area contributed by atoms with E-state index in [9.17, 15) is 4.79 Å². The number of piperidine rings is 1. The van der Waals surface area contributed by atoms with E-state index in [-0.39, 0.29) is 5.91 Å². The van der Waals surface area contributed by atoms with Crippen molar-refractivity contribution in [1.82, 2.24) is 4.90 Å². The van der Waals surface area contributed by atoms with E-state index in [1.807, 2.05) is 53.4 Å². The van der Waals surface area contributed by atoms with Crippen molar-refractivity contribution in [1.29, 1.82) is 0 Å². The number of ether oxygens (including phenoxy) is 1. The molecule has 1 amide bonds. The van der Waals surface area contributed by atoms with E-state index in [0.717, 1.165) is 54.1 Å². The Balaban J connectivity index is 1.41. The summed E-state index contributed by atoms with van der Waals surface area (Å²) < 4.78 is 6.04. The second-order valence-electron chi connectivity index (χ2n) is 7.44. The van der Waals surface area contributed by atoms with Crippen molar-refractivity contribution in [2.45, 2.75) is 26.4 Å². The van der Waals surface area contributed by atoms with Crippen LogP contribution in [-0.2, 0) is 6.61 Å². The summed E-state index contributed by atoms with van der Waals surface area (Å²) in [5.74, 6) is 1.75. The fourth-order valence-corrected chi connectivity index (χ4v) is 3.62. The summed E-state index contributed by atoms with van der Waals surface area (Å²) in [6, 6.07) is 22.1. The van der Waals surface area contributed by atoms with Gasteiger partial charge in [-0.1, -0.05) is 55.5 Å². The van der Waals surface area contributed by atoms with Gasteiger partial charge < -0.3 is 9.64 Å². The molecule has 0 aromatic heterocycles. The second kappa shape index (κ2) is 7.83. The lowest BCUT2D eigenvalue weighted by Crippen LogP contribution is -2.37. The topological polar surface area (TPSA) is 29.5 Å². The molecule has 4 rings (SSSR count). The predicted molar refractivity (Wildman–Crippen MR) is 109 cm³/mol. The quantitative estimate of drug-likeness (QED) is 0.633. The van der Waals surface area contributed by atoms with E-state index in [0.29, 0.717) is 6.61 Å². The summed E-state index contributed by atoms with van der Waals surface area (Å²) in [7, 11) is 0. The molecule has 0 spiro atoms. The van der Waals surface area contributed by atoms with E-state index in [2.05, 4.69) is 25.1 Å². The number of carbonyl (C=O) groups is 1. The van der Waals surface area contributed by atoms with Gasteiger partial charge >= 0.3 is 0 Å². The summed E-state index contributed by atoms with van der Waals surface area (Å²) >= 11 is 0. The number of nitrogens with zero attached hydrogens (tertiary/aromatic N) is 1. The molecule has 1 saturated heterocycles. The first-order valence-corrected chi connectivity index (χ1v) is 9.69. The molecule has 1 heterocycles. The normalized spacial score (nSPS) is 15.1. The Morgan fingerprint density at radius 1 is 0.963 bits per heavy atom. The van der Waals surface area contributed by atoms with Gasteiger partial charge in [0.2, 0.25) is 0 Å². The van der Waals surface area contributed by atoms with Crippen LogP contribution in [0.15, 0.2) is 66.7 Å². The number of rotatable bonds is 4. The summed E-state index contributed by atoms with van der Waals surface area (Å²) in [6.45, 7) is 4.48. The average molecular weight is 359 g/mol. The molecule has 1 fully saturated rings. The Hall–Kier alpha value is -2.81. The minimum Gasteiger partial charge on any atom is -0.488 e. The van der Waals surface area contributed by atoms with Crippen molar-refractivity contribution >= 4 is 16.7 Å². The van der Waals surface area contributed by atoms with E-state index < -0.39 is 0 Å². The predicted octanol–water partition coefficient (Wildman–Crippen LogP) is 5.29. The third kappa shape index (κ3) is 3.97. The van der Waals surface area contributed by atoms with Crippen LogP contribution in [0.4, 0.5) is 0 Å². The van der Waals surface area contributed by atoms with Gasteiger partial charge in [-0.2, -0.15) is 0 Å². The van der Waals surface area contributed by atoms with Crippen LogP contribution in [0, 0.1) is 5.92 Å². The molecular weight excluding hydrogens is 334 g/mol. The number of carbonyl (C=O) groups excluding carboxylic acids is 1. The van der Waals surface area contributed by atoms with Crippen molar-refractivity contribution < 1.29 is 9.53 Å². The number of hydrogen-bond acceptors (Lipinski definition) is 2. The lowest BCUT2D eigenvalue weighted by molar-refractivity contribution is 0.0697. The van der Waals surface area contributed by atoms with Crippen LogP contribution < -0.4 is 4.74 Å². The second-order valence-corrected chi connectivity index (χ2v) is 7.44. The lowest BCUT2D eigenvalue weighted by Gasteiger charge is -2.30. The molecular formula is C24H25NO2. The van der Waals surface area contributed by atoms with E-state index >= 15 is 0 Å². The van der Waals surface area contributed by atoms with Crippen LogP contribution in [-0.4, -0.2) is 23.9 Å². The average Bonchev–Trinajstić information content (AvgIpc) is 2.72. The van der Waals surface area contributed by atoms with Crippen LogP contribution in [0.3, 0.4) is 0 Å². The maximum atomic E-state index is 12.6. The smallest absolute Gasteiger partial charge is 0.253 e. The standard InChI is InChI=1S/C24H25NO2/c1-18-13-15-25(16-14-18)24(26)21-11-9-19(10-12-21)17-27-23-8-4-6-20-5-2-3-7-22(20)23/h2-12,18H,13-17H2,1H3. The minimum atomic E-state index is 0.142. The van der Waals surface area contributed by atoms with Crippen molar-refractivity contribution in [3.05, 3.63) is 77.9 Å². The SMILES string of the molecule is CC1CCN(C(=O)c2ccc(COc3cccc4ccccc34)cc2)CC1.